The summed E-state index contributed by atoms with van der Waals surface area (Å²) in [5.74, 6) is -2.23. The molecule has 0 saturated carbocycles. The maximum absolute atomic E-state index is 10.9. The maximum atomic E-state index is 10.9. The summed E-state index contributed by atoms with van der Waals surface area (Å²) in [4.78, 5) is 22.9. The topological polar surface area (TPSA) is 43.4 Å². The van der Waals surface area contributed by atoms with Crippen LogP contribution in [0.4, 0.5) is 4.53 Å². The fraction of sp³-hybridized carbons (Fsp3) is 0.600. The van der Waals surface area contributed by atoms with Crippen molar-refractivity contribution in [2.45, 2.75) is 19.8 Å². The first-order chi connectivity index (χ1) is 4.22. The van der Waals surface area contributed by atoms with E-state index in [1.54, 1.807) is 6.92 Å². The number of carbonyl (C=O) groups is 2. The van der Waals surface area contributed by atoms with Gasteiger partial charge >= 0.3 is 5.97 Å². The van der Waals surface area contributed by atoms with Crippen molar-refractivity contribution in [2.75, 3.05) is 0 Å². The Bertz CT molecular complexity index is 121. The number of halogens is 1. The Morgan fingerprint density at radius 2 is 2.11 bits per heavy atom. The molecule has 4 heteroatoms. The van der Waals surface area contributed by atoms with Crippen LogP contribution in [0.5, 0.6) is 0 Å². The van der Waals surface area contributed by atoms with Crippen LogP contribution in [0.2, 0.25) is 0 Å². The first-order valence-electron chi connectivity index (χ1n) is 2.58. The van der Waals surface area contributed by atoms with Crippen LogP contribution in [0, 0.1) is 0 Å². The smallest absolute Gasteiger partial charge is 0.287 e. The third kappa shape index (κ3) is 2.79. The van der Waals surface area contributed by atoms with Gasteiger partial charge in [0.1, 0.15) is 0 Å². The van der Waals surface area contributed by atoms with Crippen LogP contribution in [-0.2, 0) is 14.5 Å². The fourth-order valence-corrected chi connectivity index (χ4v) is 0.372. The Morgan fingerprint density at radius 3 is 2.44 bits per heavy atom. The SMILES string of the molecule is CCCC(=O)C(=O)OF. The van der Waals surface area contributed by atoms with E-state index < -0.39 is 11.8 Å². The molecule has 0 aromatic rings. The molecule has 0 unspecified atom stereocenters. The number of hydrogen-bond acceptors (Lipinski definition) is 3. The first-order valence-corrected chi connectivity index (χ1v) is 2.58. The minimum absolute atomic E-state index is 0.0444. The van der Waals surface area contributed by atoms with E-state index in [9.17, 15) is 14.1 Å². The molecule has 0 radical (unpaired) electrons. The molecule has 0 aliphatic heterocycles. The Kier molecular flexibility index (Phi) is 3.59. The molecule has 0 N–H and O–H groups in total. The summed E-state index contributed by atoms with van der Waals surface area (Å²) in [5, 5.41) is 0. The Hall–Kier alpha value is -0.930. The second-order valence-corrected chi connectivity index (χ2v) is 1.54. The number of hydrogen-bond donors (Lipinski definition) is 0. The molecule has 0 amide bonds. The van der Waals surface area contributed by atoms with Crippen molar-refractivity contribution in [1.82, 2.24) is 0 Å². The predicted octanol–water partition coefficient (Wildman–Crippen LogP) is 0.783. The largest absolute Gasteiger partial charge is 0.414 e. The van der Waals surface area contributed by atoms with Crippen LogP contribution >= 0.6 is 0 Å². The molecule has 0 aliphatic rings. The van der Waals surface area contributed by atoms with E-state index >= 15 is 0 Å². The van der Waals surface area contributed by atoms with Crippen molar-refractivity contribution in [3.05, 3.63) is 0 Å². The van der Waals surface area contributed by atoms with E-state index in [0.717, 1.165) is 0 Å². The average molecular weight is 134 g/mol. The molecule has 0 fully saturated rings. The summed E-state index contributed by atoms with van der Waals surface area (Å²) in [5.41, 5.74) is 0. The lowest BCUT2D eigenvalue weighted by atomic mass is 10.2. The molecule has 0 saturated heterocycles. The van der Waals surface area contributed by atoms with Crippen molar-refractivity contribution in [1.29, 1.82) is 0 Å². The monoisotopic (exact) mass is 134 g/mol. The maximum Gasteiger partial charge on any atom is 0.414 e. The molecule has 0 atom stereocenters. The summed E-state index contributed by atoms with van der Waals surface area (Å²) in [6.07, 6.45) is 0.566. The molecule has 0 heterocycles. The highest BCUT2D eigenvalue weighted by Crippen LogP contribution is 1.91. The zero-order valence-electron chi connectivity index (χ0n) is 5.02. The van der Waals surface area contributed by atoms with Crippen molar-refractivity contribution in [3.63, 3.8) is 0 Å². The van der Waals surface area contributed by atoms with Crippen molar-refractivity contribution in [3.8, 4) is 0 Å². The van der Waals surface area contributed by atoms with E-state index in [2.05, 4.69) is 4.94 Å². The van der Waals surface area contributed by atoms with E-state index in [-0.39, 0.29) is 6.42 Å². The molecule has 0 spiro atoms. The van der Waals surface area contributed by atoms with Crippen molar-refractivity contribution in [2.24, 2.45) is 0 Å². The Morgan fingerprint density at radius 1 is 1.56 bits per heavy atom. The molecule has 0 aromatic heterocycles. The molecule has 9 heavy (non-hydrogen) atoms. The van der Waals surface area contributed by atoms with Crippen LogP contribution in [-0.4, -0.2) is 11.8 Å². The zero-order chi connectivity index (χ0) is 7.28. The minimum Gasteiger partial charge on any atom is -0.287 e. The van der Waals surface area contributed by atoms with Gasteiger partial charge in [-0.15, -0.1) is 0 Å². The van der Waals surface area contributed by atoms with Crippen molar-refractivity contribution < 1.29 is 19.1 Å². The second-order valence-electron chi connectivity index (χ2n) is 1.54. The summed E-state index contributed by atoms with van der Waals surface area (Å²) >= 11 is 0. The van der Waals surface area contributed by atoms with Gasteiger partial charge in [0, 0.05) is 10.9 Å². The van der Waals surface area contributed by atoms with Gasteiger partial charge in [0.15, 0.2) is 0 Å². The van der Waals surface area contributed by atoms with Crippen LogP contribution in [0.15, 0.2) is 0 Å². The van der Waals surface area contributed by atoms with Gasteiger partial charge in [0.05, 0.1) is 0 Å². The lowest BCUT2D eigenvalue weighted by molar-refractivity contribution is -0.186. The van der Waals surface area contributed by atoms with Crippen LogP contribution in [0.25, 0.3) is 0 Å². The van der Waals surface area contributed by atoms with Gasteiger partial charge in [-0.2, -0.15) is 0 Å². The van der Waals surface area contributed by atoms with Crippen LogP contribution < -0.4 is 0 Å². The highest BCUT2D eigenvalue weighted by atomic mass is 19.3. The summed E-state index contributed by atoms with van der Waals surface area (Å²) in [6.45, 7) is 1.71. The van der Waals surface area contributed by atoms with Crippen LogP contribution in [0.3, 0.4) is 0 Å². The summed E-state index contributed by atoms with van der Waals surface area (Å²) in [6, 6.07) is 0. The number of rotatable bonds is 3. The molecule has 0 bridgehead atoms. The molecule has 0 aromatic carbocycles. The zero-order valence-corrected chi connectivity index (χ0v) is 5.02. The van der Waals surface area contributed by atoms with Crippen LogP contribution in [0.1, 0.15) is 19.8 Å². The van der Waals surface area contributed by atoms with E-state index in [4.69, 9.17) is 0 Å². The van der Waals surface area contributed by atoms with E-state index in [0.29, 0.717) is 6.42 Å². The van der Waals surface area contributed by atoms with Gasteiger partial charge in [0.25, 0.3) is 0 Å². The van der Waals surface area contributed by atoms with E-state index in [1.165, 1.54) is 0 Å². The first kappa shape index (κ1) is 8.07. The average Bonchev–Trinajstić information content (AvgIpc) is 1.87. The number of ketones is 1. The highest BCUT2D eigenvalue weighted by Gasteiger charge is 2.13. The normalized spacial score (nSPS) is 8.67. The van der Waals surface area contributed by atoms with Gasteiger partial charge in [-0.1, -0.05) is 6.92 Å². The van der Waals surface area contributed by atoms with Gasteiger partial charge in [-0.05, 0) is 6.42 Å². The molecular formula is C5H7FO3. The third-order valence-electron chi connectivity index (χ3n) is 0.775. The summed E-state index contributed by atoms with van der Waals surface area (Å²) < 4.78 is 10.9. The Labute approximate surface area is 51.7 Å². The number of carbonyl (C=O) groups excluding carboxylic acids is 2. The van der Waals surface area contributed by atoms with E-state index in [1.807, 2.05) is 0 Å². The van der Waals surface area contributed by atoms with Gasteiger partial charge in [-0.3, -0.25) is 4.79 Å². The lowest BCUT2D eigenvalue weighted by Gasteiger charge is -1.88. The molecular weight excluding hydrogens is 127 g/mol. The highest BCUT2D eigenvalue weighted by molar-refractivity contribution is 6.33. The molecule has 3 nitrogen and oxygen atoms in total. The minimum atomic E-state index is -1.41. The molecule has 52 valence electrons. The van der Waals surface area contributed by atoms with Gasteiger partial charge in [-0.25, -0.2) is 9.74 Å². The number of Topliss-reactive ketones (excluding diaryl/α,β-unsaturated/α-hetero) is 1. The summed E-state index contributed by atoms with van der Waals surface area (Å²) in [7, 11) is 0. The third-order valence-corrected chi connectivity index (χ3v) is 0.775. The quantitative estimate of drug-likeness (QED) is 0.536. The lowest BCUT2D eigenvalue weighted by Crippen LogP contribution is -2.12. The fourth-order valence-electron chi connectivity index (χ4n) is 0.372. The molecule has 0 aliphatic carbocycles. The van der Waals surface area contributed by atoms with Gasteiger partial charge in [0.2, 0.25) is 5.78 Å². The van der Waals surface area contributed by atoms with Crippen molar-refractivity contribution >= 4 is 11.8 Å². The second kappa shape index (κ2) is 4.00. The predicted molar refractivity (Wildman–Crippen MR) is 27.1 cm³/mol. The molecule has 0 rings (SSSR count). The Balaban J connectivity index is 3.60. The van der Waals surface area contributed by atoms with Gasteiger partial charge < -0.3 is 0 Å². The standard InChI is InChI=1S/C5H7FO3/c1-2-3-4(7)5(8)9-6/h2-3H2,1H3.